The first-order valence-corrected chi connectivity index (χ1v) is 4.95. The van der Waals surface area contributed by atoms with E-state index >= 15 is 0 Å². The molecule has 1 aliphatic rings. The highest BCUT2D eigenvalue weighted by atomic mass is 32.2. The van der Waals surface area contributed by atoms with Crippen LogP contribution in [0.3, 0.4) is 0 Å². The smallest absolute Gasteiger partial charge is 0.307 e. The van der Waals surface area contributed by atoms with Crippen LogP contribution < -0.4 is 5.32 Å². The molecule has 0 aromatic heterocycles. The molecule has 0 unspecified atom stereocenters. The molecule has 1 heterocycles. The maximum atomic E-state index is 10.9. The Bertz CT molecular complexity index is 134. The highest BCUT2D eigenvalue weighted by Crippen LogP contribution is 2.12. The third-order valence-electron chi connectivity index (χ3n) is 1.51. The fraction of sp³-hybridized carbons (Fsp3) is 0.857. The first-order valence-electron chi connectivity index (χ1n) is 3.79. The molecule has 0 aromatic carbocycles. The molecule has 4 heteroatoms. The van der Waals surface area contributed by atoms with E-state index in [0.29, 0.717) is 19.1 Å². The third-order valence-corrected chi connectivity index (χ3v) is 2.52. The Morgan fingerprint density at radius 2 is 2.64 bits per heavy atom. The van der Waals surface area contributed by atoms with Crippen molar-refractivity contribution in [1.82, 2.24) is 5.32 Å². The van der Waals surface area contributed by atoms with Crippen molar-refractivity contribution in [3.8, 4) is 0 Å². The monoisotopic (exact) mass is 175 g/mol. The predicted molar refractivity (Wildman–Crippen MR) is 45.5 cm³/mol. The van der Waals surface area contributed by atoms with Gasteiger partial charge in [-0.15, -0.1) is 11.8 Å². The number of hydrogen-bond donors (Lipinski definition) is 1. The lowest BCUT2D eigenvalue weighted by atomic mass is 10.2. The Kier molecular flexibility index (Phi) is 3.72. The zero-order valence-corrected chi connectivity index (χ0v) is 7.45. The lowest BCUT2D eigenvalue weighted by Gasteiger charge is -2.07. The Hall–Kier alpha value is -0.220. The van der Waals surface area contributed by atoms with E-state index in [9.17, 15) is 4.79 Å². The molecule has 0 radical (unpaired) electrons. The minimum Gasteiger partial charge on any atom is -0.466 e. The summed E-state index contributed by atoms with van der Waals surface area (Å²) >= 11 is 1.82. The molecule has 3 nitrogen and oxygen atoms in total. The second kappa shape index (κ2) is 4.62. The minimum absolute atomic E-state index is 0.0903. The fourth-order valence-corrected chi connectivity index (χ4v) is 1.98. The topological polar surface area (TPSA) is 38.3 Å². The van der Waals surface area contributed by atoms with Crippen LogP contribution in [0.5, 0.6) is 0 Å². The zero-order chi connectivity index (χ0) is 8.10. The first-order chi connectivity index (χ1) is 5.33. The van der Waals surface area contributed by atoms with Crippen molar-refractivity contribution in [2.24, 2.45) is 0 Å². The summed E-state index contributed by atoms with van der Waals surface area (Å²) in [6, 6.07) is 0.332. The van der Waals surface area contributed by atoms with Gasteiger partial charge in [-0.05, 0) is 6.92 Å². The van der Waals surface area contributed by atoms with E-state index in [1.165, 1.54) is 0 Å². The van der Waals surface area contributed by atoms with Gasteiger partial charge < -0.3 is 10.1 Å². The van der Waals surface area contributed by atoms with Crippen LogP contribution in [0.25, 0.3) is 0 Å². The Balaban J connectivity index is 2.13. The first kappa shape index (κ1) is 8.87. The Labute approximate surface area is 70.9 Å². The molecule has 1 fully saturated rings. The molecule has 0 aliphatic carbocycles. The van der Waals surface area contributed by atoms with Crippen molar-refractivity contribution >= 4 is 17.7 Å². The average molecular weight is 175 g/mol. The number of rotatable bonds is 3. The summed E-state index contributed by atoms with van der Waals surface area (Å²) in [4.78, 5) is 10.9. The van der Waals surface area contributed by atoms with Crippen LogP contribution in [-0.4, -0.2) is 30.2 Å². The predicted octanol–water partition coefficient (Wildman–Crippen LogP) is 0.602. The van der Waals surface area contributed by atoms with E-state index in [0.717, 1.165) is 11.6 Å². The van der Waals surface area contributed by atoms with Crippen LogP contribution in [-0.2, 0) is 9.53 Å². The number of carbonyl (C=O) groups is 1. The molecule has 1 rings (SSSR count). The number of nitrogens with one attached hydrogen (secondary N) is 1. The Morgan fingerprint density at radius 1 is 1.82 bits per heavy atom. The van der Waals surface area contributed by atoms with E-state index in [1.807, 2.05) is 18.7 Å². The van der Waals surface area contributed by atoms with Crippen molar-refractivity contribution in [2.45, 2.75) is 19.4 Å². The number of thioether (sulfide) groups is 1. The highest BCUT2D eigenvalue weighted by molar-refractivity contribution is 7.99. The van der Waals surface area contributed by atoms with Gasteiger partial charge in [0.05, 0.1) is 13.0 Å². The molecule has 1 N–H and O–H groups in total. The standard InChI is InChI=1S/C7H13NO2S/c1-2-10-7(9)3-6-4-11-5-8-6/h6,8H,2-5H2,1H3/t6-/m0/s1. The number of carbonyl (C=O) groups excluding carboxylic acids is 1. The number of esters is 1. The van der Waals surface area contributed by atoms with Crippen LogP contribution in [0.4, 0.5) is 0 Å². The maximum Gasteiger partial charge on any atom is 0.307 e. The summed E-state index contributed by atoms with van der Waals surface area (Å²) in [5.41, 5.74) is 0. The largest absolute Gasteiger partial charge is 0.466 e. The summed E-state index contributed by atoms with van der Waals surface area (Å²) in [6.45, 7) is 2.31. The molecule has 0 amide bonds. The molecular weight excluding hydrogens is 162 g/mol. The fourth-order valence-electron chi connectivity index (χ4n) is 0.989. The van der Waals surface area contributed by atoms with Crippen molar-refractivity contribution in [3.63, 3.8) is 0 Å². The second-order valence-corrected chi connectivity index (χ2v) is 3.46. The molecule has 0 saturated carbocycles. The van der Waals surface area contributed by atoms with E-state index in [2.05, 4.69) is 5.32 Å². The molecule has 64 valence electrons. The maximum absolute atomic E-state index is 10.9. The van der Waals surface area contributed by atoms with Gasteiger partial charge in [0.2, 0.25) is 0 Å². The van der Waals surface area contributed by atoms with Gasteiger partial charge in [-0.25, -0.2) is 0 Å². The number of hydrogen-bond acceptors (Lipinski definition) is 4. The molecule has 1 atom stereocenters. The van der Waals surface area contributed by atoms with Gasteiger partial charge in [-0.1, -0.05) is 0 Å². The summed E-state index contributed by atoms with van der Waals surface area (Å²) in [5.74, 6) is 1.90. The lowest BCUT2D eigenvalue weighted by Crippen LogP contribution is -2.27. The van der Waals surface area contributed by atoms with E-state index < -0.39 is 0 Å². The van der Waals surface area contributed by atoms with Crippen LogP contribution in [0.15, 0.2) is 0 Å². The van der Waals surface area contributed by atoms with Crippen molar-refractivity contribution in [3.05, 3.63) is 0 Å². The van der Waals surface area contributed by atoms with Crippen LogP contribution in [0, 0.1) is 0 Å². The molecule has 1 saturated heterocycles. The van der Waals surface area contributed by atoms with Crippen molar-refractivity contribution in [2.75, 3.05) is 18.2 Å². The summed E-state index contributed by atoms with van der Waals surface area (Å²) in [6.07, 6.45) is 0.515. The van der Waals surface area contributed by atoms with Crippen molar-refractivity contribution in [1.29, 1.82) is 0 Å². The number of ether oxygens (including phenoxy) is 1. The van der Waals surface area contributed by atoms with Crippen LogP contribution in [0.2, 0.25) is 0 Å². The Morgan fingerprint density at radius 3 is 3.18 bits per heavy atom. The molecular formula is C7H13NO2S. The summed E-state index contributed by atoms with van der Waals surface area (Å²) in [5, 5.41) is 3.21. The van der Waals surface area contributed by atoms with Gasteiger partial charge in [0.25, 0.3) is 0 Å². The molecule has 11 heavy (non-hydrogen) atoms. The lowest BCUT2D eigenvalue weighted by molar-refractivity contribution is -0.143. The van der Waals surface area contributed by atoms with Gasteiger partial charge in [0.1, 0.15) is 0 Å². The average Bonchev–Trinajstić information content (AvgIpc) is 2.40. The quantitative estimate of drug-likeness (QED) is 0.638. The van der Waals surface area contributed by atoms with Gasteiger partial charge in [-0.2, -0.15) is 0 Å². The normalized spacial score (nSPS) is 23.5. The van der Waals surface area contributed by atoms with E-state index in [-0.39, 0.29) is 5.97 Å². The van der Waals surface area contributed by atoms with Gasteiger partial charge in [0, 0.05) is 17.7 Å². The van der Waals surface area contributed by atoms with E-state index in [1.54, 1.807) is 0 Å². The van der Waals surface area contributed by atoms with Crippen molar-refractivity contribution < 1.29 is 9.53 Å². The second-order valence-electron chi connectivity index (χ2n) is 2.43. The molecule has 1 aliphatic heterocycles. The molecule has 0 bridgehead atoms. The minimum atomic E-state index is -0.0903. The zero-order valence-electron chi connectivity index (χ0n) is 6.63. The van der Waals surface area contributed by atoms with E-state index in [4.69, 9.17) is 4.74 Å². The highest BCUT2D eigenvalue weighted by Gasteiger charge is 2.18. The van der Waals surface area contributed by atoms with Gasteiger partial charge >= 0.3 is 5.97 Å². The molecule has 0 aromatic rings. The van der Waals surface area contributed by atoms with Crippen LogP contribution >= 0.6 is 11.8 Å². The van der Waals surface area contributed by atoms with Gasteiger partial charge in [-0.3, -0.25) is 4.79 Å². The third kappa shape index (κ3) is 3.12. The summed E-state index contributed by atoms with van der Waals surface area (Å²) in [7, 11) is 0. The van der Waals surface area contributed by atoms with Crippen LogP contribution in [0.1, 0.15) is 13.3 Å². The SMILES string of the molecule is CCOC(=O)C[C@H]1CSCN1. The summed E-state index contributed by atoms with van der Waals surface area (Å²) < 4.78 is 4.82. The van der Waals surface area contributed by atoms with Gasteiger partial charge in [0.15, 0.2) is 0 Å². The molecule has 0 spiro atoms.